The lowest BCUT2D eigenvalue weighted by Crippen LogP contribution is -2.58. The predicted octanol–water partition coefficient (Wildman–Crippen LogP) is 1.47. The Kier molecular flexibility index (Phi) is 3.95. The lowest BCUT2D eigenvalue weighted by molar-refractivity contribution is -0.167. The van der Waals surface area contributed by atoms with Gasteiger partial charge in [0.15, 0.2) is 0 Å². The van der Waals surface area contributed by atoms with Crippen LogP contribution in [-0.4, -0.2) is 66.6 Å². The number of ether oxygens (including phenoxy) is 2. The molecule has 2 fully saturated rings. The SMILES string of the molecule is C[C@H]1Cc2cc(C(=O)N3CCC4(CC3)CN(C)C(=O)CO4)ccc2O1. The molecule has 4 rings (SSSR count). The van der Waals surface area contributed by atoms with Gasteiger partial charge in [-0.25, -0.2) is 0 Å². The number of hydrogen-bond donors (Lipinski definition) is 0. The molecule has 134 valence electrons. The highest BCUT2D eigenvalue weighted by Gasteiger charge is 2.42. The van der Waals surface area contributed by atoms with E-state index in [9.17, 15) is 9.59 Å². The largest absolute Gasteiger partial charge is 0.490 e. The molecule has 25 heavy (non-hydrogen) atoms. The highest BCUT2D eigenvalue weighted by atomic mass is 16.5. The van der Waals surface area contributed by atoms with Crippen LogP contribution < -0.4 is 4.74 Å². The molecule has 1 aromatic rings. The Morgan fingerprint density at radius 2 is 2.04 bits per heavy atom. The number of carbonyl (C=O) groups is 2. The molecule has 3 heterocycles. The Balaban J connectivity index is 1.42. The fraction of sp³-hybridized carbons (Fsp3) is 0.579. The number of benzene rings is 1. The number of rotatable bonds is 1. The molecule has 3 aliphatic rings. The molecule has 0 N–H and O–H groups in total. The number of morpholine rings is 1. The maximum absolute atomic E-state index is 12.8. The molecule has 0 saturated carbocycles. The van der Waals surface area contributed by atoms with Gasteiger partial charge in [-0.1, -0.05) is 0 Å². The summed E-state index contributed by atoms with van der Waals surface area (Å²) in [4.78, 5) is 28.1. The van der Waals surface area contributed by atoms with E-state index in [0.29, 0.717) is 19.6 Å². The number of amides is 2. The number of likely N-dealkylation sites (N-methyl/N-ethyl adjacent to an activating group) is 1. The molecule has 2 amide bonds. The zero-order valence-corrected chi connectivity index (χ0v) is 14.8. The fourth-order valence-corrected chi connectivity index (χ4v) is 4.05. The van der Waals surface area contributed by atoms with Crippen molar-refractivity contribution in [3.8, 4) is 5.75 Å². The maximum atomic E-state index is 12.8. The summed E-state index contributed by atoms with van der Waals surface area (Å²) >= 11 is 0. The molecule has 0 aliphatic carbocycles. The van der Waals surface area contributed by atoms with Gasteiger partial charge in [-0.3, -0.25) is 9.59 Å². The van der Waals surface area contributed by atoms with Gasteiger partial charge in [-0.2, -0.15) is 0 Å². The highest BCUT2D eigenvalue weighted by molar-refractivity contribution is 5.94. The fourth-order valence-electron chi connectivity index (χ4n) is 4.05. The van der Waals surface area contributed by atoms with Gasteiger partial charge >= 0.3 is 0 Å². The Morgan fingerprint density at radius 1 is 1.28 bits per heavy atom. The number of fused-ring (bicyclic) bond motifs is 1. The Hall–Kier alpha value is -2.08. The lowest BCUT2D eigenvalue weighted by Gasteiger charge is -2.46. The first-order valence-electron chi connectivity index (χ1n) is 8.93. The number of hydrogen-bond acceptors (Lipinski definition) is 4. The molecular formula is C19H24N2O4. The number of likely N-dealkylation sites (tertiary alicyclic amines) is 1. The first-order valence-corrected chi connectivity index (χ1v) is 8.93. The van der Waals surface area contributed by atoms with E-state index < -0.39 is 0 Å². The summed E-state index contributed by atoms with van der Waals surface area (Å²) in [5, 5.41) is 0. The molecule has 6 heteroatoms. The van der Waals surface area contributed by atoms with Gasteiger partial charge in [0.25, 0.3) is 5.91 Å². The number of carbonyl (C=O) groups excluding carboxylic acids is 2. The van der Waals surface area contributed by atoms with Gasteiger partial charge in [0.05, 0.1) is 5.60 Å². The van der Waals surface area contributed by atoms with Gasteiger partial charge in [0.2, 0.25) is 5.91 Å². The van der Waals surface area contributed by atoms with Crippen molar-refractivity contribution in [1.29, 1.82) is 0 Å². The van der Waals surface area contributed by atoms with Crippen LogP contribution in [0.2, 0.25) is 0 Å². The van der Waals surface area contributed by atoms with E-state index in [4.69, 9.17) is 9.47 Å². The second kappa shape index (κ2) is 6.02. The van der Waals surface area contributed by atoms with Crippen molar-refractivity contribution >= 4 is 11.8 Å². The minimum atomic E-state index is -0.291. The van der Waals surface area contributed by atoms with Gasteiger partial charge in [0.1, 0.15) is 18.5 Å². The van der Waals surface area contributed by atoms with Crippen molar-refractivity contribution in [1.82, 2.24) is 9.80 Å². The molecule has 2 saturated heterocycles. The van der Waals surface area contributed by atoms with Gasteiger partial charge in [-0.15, -0.1) is 0 Å². The molecule has 0 radical (unpaired) electrons. The van der Waals surface area contributed by atoms with Crippen LogP contribution in [0.5, 0.6) is 5.75 Å². The van der Waals surface area contributed by atoms with Crippen molar-refractivity contribution in [2.75, 3.05) is 33.3 Å². The summed E-state index contributed by atoms with van der Waals surface area (Å²) in [7, 11) is 1.82. The van der Waals surface area contributed by atoms with Crippen LogP contribution >= 0.6 is 0 Å². The van der Waals surface area contributed by atoms with Crippen molar-refractivity contribution in [2.24, 2.45) is 0 Å². The van der Waals surface area contributed by atoms with E-state index in [0.717, 1.165) is 36.1 Å². The highest BCUT2D eigenvalue weighted by Crippen LogP contribution is 2.32. The second-order valence-electron chi connectivity index (χ2n) is 7.47. The lowest BCUT2D eigenvalue weighted by atomic mass is 9.89. The number of nitrogens with zero attached hydrogens (tertiary/aromatic N) is 2. The van der Waals surface area contributed by atoms with E-state index >= 15 is 0 Å². The zero-order valence-electron chi connectivity index (χ0n) is 14.8. The number of piperidine rings is 1. The third-order valence-electron chi connectivity index (χ3n) is 5.56. The summed E-state index contributed by atoms with van der Waals surface area (Å²) in [5.41, 5.74) is 1.55. The third-order valence-corrected chi connectivity index (χ3v) is 5.56. The molecule has 6 nitrogen and oxygen atoms in total. The van der Waals surface area contributed by atoms with Crippen LogP contribution in [0, 0.1) is 0 Å². The molecule has 0 bridgehead atoms. The Morgan fingerprint density at radius 3 is 2.76 bits per heavy atom. The summed E-state index contributed by atoms with van der Waals surface area (Å²) in [6.45, 7) is 4.11. The summed E-state index contributed by atoms with van der Waals surface area (Å²) in [6.07, 6.45) is 2.56. The molecule has 0 unspecified atom stereocenters. The van der Waals surface area contributed by atoms with E-state index in [1.165, 1.54) is 0 Å². The van der Waals surface area contributed by atoms with Crippen molar-refractivity contribution in [3.05, 3.63) is 29.3 Å². The molecule has 1 spiro atoms. The zero-order chi connectivity index (χ0) is 17.6. The summed E-state index contributed by atoms with van der Waals surface area (Å²) in [5.74, 6) is 0.987. The quantitative estimate of drug-likeness (QED) is 0.774. The monoisotopic (exact) mass is 344 g/mol. The predicted molar refractivity (Wildman–Crippen MR) is 91.7 cm³/mol. The Labute approximate surface area is 147 Å². The molecule has 0 aromatic heterocycles. The summed E-state index contributed by atoms with van der Waals surface area (Å²) < 4.78 is 11.6. The second-order valence-corrected chi connectivity index (χ2v) is 7.47. The molecular weight excluding hydrogens is 320 g/mol. The molecule has 3 aliphatic heterocycles. The standard InChI is InChI=1S/C19H24N2O4/c1-13-9-15-10-14(3-4-16(15)25-13)18(23)21-7-5-19(6-8-21)12-20(2)17(22)11-24-19/h3-4,10,13H,5-9,11-12H2,1-2H3/t13-/m0/s1. The van der Waals surface area contributed by atoms with E-state index in [1.807, 2.05) is 37.1 Å². The van der Waals surface area contributed by atoms with E-state index in [2.05, 4.69) is 0 Å². The van der Waals surface area contributed by atoms with Gasteiger partial charge < -0.3 is 19.3 Å². The van der Waals surface area contributed by atoms with E-state index in [-0.39, 0.29) is 30.1 Å². The molecule has 1 aromatic carbocycles. The van der Waals surface area contributed by atoms with Crippen LogP contribution in [-0.2, 0) is 16.0 Å². The van der Waals surface area contributed by atoms with Crippen molar-refractivity contribution in [2.45, 2.75) is 37.9 Å². The van der Waals surface area contributed by atoms with Crippen molar-refractivity contribution < 1.29 is 19.1 Å². The minimum absolute atomic E-state index is 0.0266. The Bertz CT molecular complexity index is 709. The third kappa shape index (κ3) is 2.99. The van der Waals surface area contributed by atoms with Gasteiger partial charge in [-0.05, 0) is 43.5 Å². The maximum Gasteiger partial charge on any atom is 0.253 e. The van der Waals surface area contributed by atoms with Crippen LogP contribution in [0.25, 0.3) is 0 Å². The van der Waals surface area contributed by atoms with Crippen LogP contribution in [0.4, 0.5) is 0 Å². The van der Waals surface area contributed by atoms with Crippen LogP contribution in [0.3, 0.4) is 0 Å². The van der Waals surface area contributed by atoms with Crippen LogP contribution in [0.15, 0.2) is 18.2 Å². The smallest absolute Gasteiger partial charge is 0.253 e. The van der Waals surface area contributed by atoms with Gasteiger partial charge in [0, 0.05) is 38.7 Å². The summed E-state index contributed by atoms with van der Waals surface area (Å²) in [6, 6.07) is 5.73. The average molecular weight is 344 g/mol. The average Bonchev–Trinajstić information content (AvgIpc) is 2.98. The minimum Gasteiger partial charge on any atom is -0.490 e. The first kappa shape index (κ1) is 16.4. The molecule has 1 atom stereocenters. The van der Waals surface area contributed by atoms with Crippen LogP contribution in [0.1, 0.15) is 35.7 Å². The topological polar surface area (TPSA) is 59.1 Å². The van der Waals surface area contributed by atoms with Crippen molar-refractivity contribution in [3.63, 3.8) is 0 Å². The first-order chi connectivity index (χ1) is 12.0. The van der Waals surface area contributed by atoms with E-state index in [1.54, 1.807) is 4.90 Å². The normalized spacial score (nSPS) is 25.0.